The van der Waals surface area contributed by atoms with Crippen molar-refractivity contribution in [3.05, 3.63) is 29.6 Å². The lowest BCUT2D eigenvalue weighted by Crippen LogP contribution is -2.25. The smallest absolute Gasteiger partial charge is 0.142 e. The van der Waals surface area contributed by atoms with Crippen LogP contribution < -0.4 is 4.74 Å². The molecule has 0 saturated heterocycles. The van der Waals surface area contributed by atoms with Gasteiger partial charge in [-0.15, -0.1) is 0 Å². The van der Waals surface area contributed by atoms with Crippen LogP contribution in [0.2, 0.25) is 0 Å². The van der Waals surface area contributed by atoms with E-state index in [-0.39, 0.29) is 17.8 Å². The molecule has 3 nitrogen and oxygen atoms in total. The SMILES string of the molecule is COC(C)(C)CCOc1ccc(C#CCO)c(F)c1. The van der Waals surface area contributed by atoms with E-state index in [0.29, 0.717) is 18.8 Å². The summed E-state index contributed by atoms with van der Waals surface area (Å²) in [5.41, 5.74) is -0.0101. The number of hydrogen-bond acceptors (Lipinski definition) is 3. The van der Waals surface area contributed by atoms with Crippen LogP contribution in [0, 0.1) is 17.7 Å². The summed E-state index contributed by atoms with van der Waals surface area (Å²) in [6.45, 7) is 4.08. The van der Waals surface area contributed by atoms with Gasteiger partial charge in [0.25, 0.3) is 0 Å². The zero-order valence-corrected chi connectivity index (χ0v) is 11.5. The van der Waals surface area contributed by atoms with Crippen molar-refractivity contribution in [1.82, 2.24) is 0 Å². The Labute approximate surface area is 113 Å². The van der Waals surface area contributed by atoms with Crippen molar-refractivity contribution in [2.75, 3.05) is 20.3 Å². The summed E-state index contributed by atoms with van der Waals surface area (Å²) in [5, 5.41) is 8.56. The topological polar surface area (TPSA) is 38.7 Å². The minimum atomic E-state index is -0.454. The Morgan fingerprint density at radius 3 is 2.68 bits per heavy atom. The molecule has 1 rings (SSSR count). The Morgan fingerprint density at radius 1 is 1.37 bits per heavy atom. The molecule has 0 spiro atoms. The number of aliphatic hydroxyl groups excluding tert-OH is 1. The molecule has 1 aromatic rings. The molecule has 0 atom stereocenters. The van der Waals surface area contributed by atoms with Gasteiger partial charge in [-0.3, -0.25) is 0 Å². The van der Waals surface area contributed by atoms with Crippen LogP contribution in [-0.4, -0.2) is 31.0 Å². The van der Waals surface area contributed by atoms with Gasteiger partial charge in [0.15, 0.2) is 0 Å². The molecule has 1 N–H and O–H groups in total. The molecule has 4 heteroatoms. The van der Waals surface area contributed by atoms with Gasteiger partial charge in [0.1, 0.15) is 18.2 Å². The fourth-order valence-electron chi connectivity index (χ4n) is 1.34. The number of aliphatic hydroxyl groups is 1. The van der Waals surface area contributed by atoms with E-state index in [0.717, 1.165) is 0 Å². The molecule has 0 aromatic heterocycles. The lowest BCUT2D eigenvalue weighted by molar-refractivity contribution is 0.00544. The van der Waals surface area contributed by atoms with Gasteiger partial charge in [-0.1, -0.05) is 11.8 Å². The average Bonchev–Trinajstić information content (AvgIpc) is 2.37. The monoisotopic (exact) mass is 266 g/mol. The molecule has 0 radical (unpaired) electrons. The van der Waals surface area contributed by atoms with E-state index in [4.69, 9.17) is 14.6 Å². The Morgan fingerprint density at radius 2 is 2.11 bits per heavy atom. The lowest BCUT2D eigenvalue weighted by atomic mass is 10.1. The van der Waals surface area contributed by atoms with E-state index in [1.165, 1.54) is 12.1 Å². The summed E-state index contributed by atoms with van der Waals surface area (Å²) < 4.78 is 24.3. The van der Waals surface area contributed by atoms with Crippen molar-refractivity contribution in [3.63, 3.8) is 0 Å². The molecular weight excluding hydrogens is 247 g/mol. The fourth-order valence-corrected chi connectivity index (χ4v) is 1.34. The highest BCUT2D eigenvalue weighted by atomic mass is 19.1. The van der Waals surface area contributed by atoms with Crippen LogP contribution in [0.3, 0.4) is 0 Å². The first-order chi connectivity index (χ1) is 8.98. The van der Waals surface area contributed by atoms with Gasteiger partial charge in [0, 0.05) is 19.6 Å². The van der Waals surface area contributed by atoms with Gasteiger partial charge in [-0.2, -0.15) is 0 Å². The van der Waals surface area contributed by atoms with Crippen LogP contribution in [0.5, 0.6) is 5.75 Å². The Balaban J connectivity index is 2.59. The molecule has 19 heavy (non-hydrogen) atoms. The zero-order valence-electron chi connectivity index (χ0n) is 11.5. The third kappa shape index (κ3) is 5.29. The minimum absolute atomic E-state index is 0.249. The molecule has 0 aliphatic rings. The van der Waals surface area contributed by atoms with Crippen LogP contribution in [-0.2, 0) is 4.74 Å². The van der Waals surface area contributed by atoms with Gasteiger partial charge in [-0.25, -0.2) is 4.39 Å². The second-order valence-electron chi connectivity index (χ2n) is 4.66. The molecule has 104 valence electrons. The minimum Gasteiger partial charge on any atom is -0.493 e. The highest BCUT2D eigenvalue weighted by Crippen LogP contribution is 2.18. The van der Waals surface area contributed by atoms with Gasteiger partial charge < -0.3 is 14.6 Å². The predicted octanol–water partition coefficient (Wildman–Crippen LogP) is 2.36. The van der Waals surface area contributed by atoms with E-state index >= 15 is 0 Å². The normalized spacial score (nSPS) is 10.8. The standard InChI is InChI=1S/C15H19FO3/c1-15(2,18-3)8-10-19-13-7-6-12(5-4-9-17)14(16)11-13/h6-7,11,17H,8-10H2,1-3H3. The Kier molecular flexibility index (Phi) is 5.81. The summed E-state index contributed by atoms with van der Waals surface area (Å²) in [5.74, 6) is 4.94. The fraction of sp³-hybridized carbons (Fsp3) is 0.467. The van der Waals surface area contributed by atoms with Crippen molar-refractivity contribution in [2.24, 2.45) is 0 Å². The van der Waals surface area contributed by atoms with Crippen molar-refractivity contribution < 1.29 is 19.0 Å². The van der Waals surface area contributed by atoms with E-state index < -0.39 is 5.82 Å². The summed E-state index contributed by atoms with van der Waals surface area (Å²) in [6.07, 6.45) is 0.706. The first-order valence-electron chi connectivity index (χ1n) is 6.06. The van der Waals surface area contributed by atoms with Gasteiger partial charge in [-0.05, 0) is 26.0 Å². The highest BCUT2D eigenvalue weighted by Gasteiger charge is 2.16. The lowest BCUT2D eigenvalue weighted by Gasteiger charge is -2.22. The molecule has 0 heterocycles. The molecule has 0 amide bonds. The van der Waals surface area contributed by atoms with Crippen molar-refractivity contribution in [1.29, 1.82) is 0 Å². The maximum absolute atomic E-state index is 13.6. The second-order valence-corrected chi connectivity index (χ2v) is 4.66. The molecule has 0 fully saturated rings. The van der Waals surface area contributed by atoms with Crippen LogP contribution in [0.15, 0.2) is 18.2 Å². The largest absolute Gasteiger partial charge is 0.493 e. The number of rotatable bonds is 5. The van der Waals surface area contributed by atoms with Gasteiger partial charge in [0.2, 0.25) is 0 Å². The summed E-state index contributed by atoms with van der Waals surface area (Å²) in [4.78, 5) is 0. The van der Waals surface area contributed by atoms with Gasteiger partial charge >= 0.3 is 0 Å². The van der Waals surface area contributed by atoms with Crippen LogP contribution >= 0.6 is 0 Å². The molecule has 0 aliphatic carbocycles. The molecule has 1 aromatic carbocycles. The molecule has 0 aliphatic heterocycles. The molecule has 0 unspecified atom stereocenters. The zero-order chi connectivity index (χ0) is 14.3. The van der Waals surface area contributed by atoms with Crippen molar-refractivity contribution in [3.8, 4) is 17.6 Å². The molecular formula is C15H19FO3. The van der Waals surface area contributed by atoms with E-state index in [1.807, 2.05) is 13.8 Å². The summed E-state index contributed by atoms with van der Waals surface area (Å²) in [6, 6.07) is 4.49. The Hall–Kier alpha value is -1.57. The maximum Gasteiger partial charge on any atom is 0.142 e. The average molecular weight is 266 g/mol. The van der Waals surface area contributed by atoms with Crippen LogP contribution in [0.25, 0.3) is 0 Å². The third-order valence-corrected chi connectivity index (χ3v) is 2.77. The highest BCUT2D eigenvalue weighted by molar-refractivity contribution is 5.39. The van der Waals surface area contributed by atoms with Crippen molar-refractivity contribution >= 4 is 0 Å². The van der Waals surface area contributed by atoms with Gasteiger partial charge in [0.05, 0.1) is 17.8 Å². The number of halogens is 1. The van der Waals surface area contributed by atoms with E-state index in [2.05, 4.69) is 11.8 Å². The Bertz CT molecular complexity index is 472. The summed E-state index contributed by atoms with van der Waals surface area (Å²) in [7, 11) is 1.65. The van der Waals surface area contributed by atoms with E-state index in [1.54, 1.807) is 13.2 Å². The first kappa shape index (κ1) is 15.5. The number of hydrogen-bond donors (Lipinski definition) is 1. The van der Waals surface area contributed by atoms with Crippen LogP contribution in [0.1, 0.15) is 25.8 Å². The number of methoxy groups -OCH3 is 1. The van der Waals surface area contributed by atoms with Crippen LogP contribution in [0.4, 0.5) is 4.39 Å². The number of benzene rings is 1. The molecule has 0 saturated carbocycles. The quantitative estimate of drug-likeness (QED) is 0.832. The van der Waals surface area contributed by atoms with E-state index in [9.17, 15) is 4.39 Å². The number of ether oxygens (including phenoxy) is 2. The third-order valence-electron chi connectivity index (χ3n) is 2.77. The summed E-state index contributed by atoms with van der Waals surface area (Å²) >= 11 is 0. The maximum atomic E-state index is 13.6. The second kappa shape index (κ2) is 7.13. The first-order valence-corrected chi connectivity index (χ1v) is 6.06. The molecule has 0 bridgehead atoms. The van der Waals surface area contributed by atoms with Crippen molar-refractivity contribution in [2.45, 2.75) is 25.9 Å². The predicted molar refractivity (Wildman–Crippen MR) is 71.6 cm³/mol.